The molecule has 1 heterocycles. The second-order valence-electron chi connectivity index (χ2n) is 6.39. The highest BCUT2D eigenvalue weighted by Crippen LogP contribution is 2.36. The van der Waals surface area contributed by atoms with Crippen LogP contribution in [0.2, 0.25) is 0 Å². The average Bonchev–Trinajstić information content (AvgIpc) is 2.41. The number of carbonyl (C=O) groups excluding carboxylic acids is 1. The number of benzene rings is 1. The van der Waals surface area contributed by atoms with Crippen molar-refractivity contribution in [2.45, 2.75) is 57.4 Å². The number of amides is 1. The van der Waals surface area contributed by atoms with E-state index in [-0.39, 0.29) is 11.4 Å². The van der Waals surface area contributed by atoms with E-state index in [9.17, 15) is 4.79 Å². The molecule has 1 saturated carbocycles. The summed E-state index contributed by atoms with van der Waals surface area (Å²) in [5.41, 5.74) is 10.1. The van der Waals surface area contributed by atoms with Crippen LogP contribution in [-0.2, 0) is 11.2 Å². The van der Waals surface area contributed by atoms with E-state index in [2.05, 4.69) is 17.6 Å². The number of rotatable bonds is 2. The molecule has 0 spiro atoms. The van der Waals surface area contributed by atoms with Crippen LogP contribution in [-0.4, -0.2) is 11.4 Å². The summed E-state index contributed by atoms with van der Waals surface area (Å²) in [5.74, 6) is 0.0945. The van der Waals surface area contributed by atoms with Gasteiger partial charge in [0.25, 0.3) is 0 Å². The van der Waals surface area contributed by atoms with Gasteiger partial charge in [-0.15, -0.1) is 0 Å². The molecule has 0 radical (unpaired) electrons. The molecule has 108 valence electrons. The van der Waals surface area contributed by atoms with E-state index in [1.54, 1.807) is 0 Å². The maximum atomic E-state index is 11.5. The first kappa shape index (κ1) is 13.3. The molecular weight excluding hydrogens is 250 g/mol. The van der Waals surface area contributed by atoms with Gasteiger partial charge in [-0.1, -0.05) is 19.3 Å². The Morgan fingerprint density at radius 1 is 1.20 bits per heavy atom. The van der Waals surface area contributed by atoms with Gasteiger partial charge in [-0.3, -0.25) is 4.79 Å². The number of anilines is 3. The number of hydrogen-bond donors (Lipinski definition) is 3. The number of aryl methyl sites for hydroxylation is 1. The number of hydrogen-bond acceptors (Lipinski definition) is 3. The van der Waals surface area contributed by atoms with E-state index in [0.29, 0.717) is 6.42 Å². The van der Waals surface area contributed by atoms with Crippen molar-refractivity contribution in [1.29, 1.82) is 0 Å². The third-order valence-electron chi connectivity index (χ3n) is 4.56. The van der Waals surface area contributed by atoms with Crippen LogP contribution >= 0.6 is 0 Å². The molecule has 20 heavy (non-hydrogen) atoms. The van der Waals surface area contributed by atoms with E-state index >= 15 is 0 Å². The molecule has 0 atom stereocenters. The predicted octanol–water partition coefficient (Wildman–Crippen LogP) is 3.29. The van der Waals surface area contributed by atoms with Crippen molar-refractivity contribution in [2.75, 3.05) is 16.4 Å². The number of nitrogen functional groups attached to an aromatic ring is 1. The monoisotopic (exact) mass is 273 g/mol. The Kier molecular flexibility index (Phi) is 3.32. The van der Waals surface area contributed by atoms with Crippen molar-refractivity contribution in [1.82, 2.24) is 0 Å². The topological polar surface area (TPSA) is 67.1 Å². The lowest BCUT2D eigenvalue weighted by Crippen LogP contribution is -2.37. The summed E-state index contributed by atoms with van der Waals surface area (Å²) in [6.45, 7) is 2.27. The van der Waals surface area contributed by atoms with Gasteiger partial charge in [0.15, 0.2) is 0 Å². The number of carbonyl (C=O) groups is 1. The summed E-state index contributed by atoms with van der Waals surface area (Å²) in [6, 6.07) is 4.00. The van der Waals surface area contributed by atoms with Crippen LogP contribution in [0.5, 0.6) is 0 Å². The van der Waals surface area contributed by atoms with Gasteiger partial charge >= 0.3 is 0 Å². The van der Waals surface area contributed by atoms with Crippen molar-refractivity contribution >= 4 is 23.0 Å². The van der Waals surface area contributed by atoms with E-state index < -0.39 is 0 Å². The van der Waals surface area contributed by atoms with Crippen molar-refractivity contribution in [3.05, 3.63) is 17.7 Å². The second-order valence-corrected chi connectivity index (χ2v) is 6.39. The standard InChI is InChI=1S/C16H23N3O/c1-16(7-3-2-4-8-16)19-14-10-13-11(9-12(14)17)5-6-15(20)18-13/h9-10,19H,2-8,17H2,1H3,(H,18,20). The molecule has 4 nitrogen and oxygen atoms in total. The van der Waals surface area contributed by atoms with Gasteiger partial charge < -0.3 is 16.4 Å². The summed E-state index contributed by atoms with van der Waals surface area (Å²) in [6.07, 6.45) is 7.55. The zero-order valence-corrected chi connectivity index (χ0v) is 12.1. The van der Waals surface area contributed by atoms with Gasteiger partial charge in [-0.2, -0.15) is 0 Å². The SMILES string of the molecule is CC1(Nc2cc3c(cc2N)CCC(=O)N3)CCCCC1. The largest absolute Gasteiger partial charge is 0.397 e. The van der Waals surface area contributed by atoms with Crippen molar-refractivity contribution in [3.63, 3.8) is 0 Å². The van der Waals surface area contributed by atoms with Crippen LogP contribution in [0.1, 0.15) is 51.0 Å². The fourth-order valence-corrected chi connectivity index (χ4v) is 3.34. The van der Waals surface area contributed by atoms with Gasteiger partial charge in [0.05, 0.1) is 11.4 Å². The molecule has 1 fully saturated rings. The maximum Gasteiger partial charge on any atom is 0.224 e. The molecule has 1 aliphatic carbocycles. The Bertz CT molecular complexity index is 533. The zero-order chi connectivity index (χ0) is 14.2. The van der Waals surface area contributed by atoms with Gasteiger partial charge in [-0.25, -0.2) is 0 Å². The highest BCUT2D eigenvalue weighted by molar-refractivity contribution is 5.95. The fraction of sp³-hybridized carbons (Fsp3) is 0.562. The Morgan fingerprint density at radius 3 is 2.70 bits per heavy atom. The van der Waals surface area contributed by atoms with Gasteiger partial charge in [0, 0.05) is 17.6 Å². The quantitative estimate of drug-likeness (QED) is 0.724. The molecule has 2 aliphatic rings. The maximum absolute atomic E-state index is 11.5. The lowest BCUT2D eigenvalue weighted by Gasteiger charge is -2.36. The smallest absolute Gasteiger partial charge is 0.224 e. The summed E-state index contributed by atoms with van der Waals surface area (Å²) >= 11 is 0. The van der Waals surface area contributed by atoms with E-state index in [4.69, 9.17) is 5.73 Å². The van der Waals surface area contributed by atoms with Crippen molar-refractivity contribution < 1.29 is 4.79 Å². The Morgan fingerprint density at radius 2 is 1.95 bits per heavy atom. The molecule has 0 bridgehead atoms. The number of fused-ring (bicyclic) bond motifs is 1. The Balaban J connectivity index is 1.86. The number of nitrogens with one attached hydrogen (secondary N) is 2. The molecule has 0 aromatic heterocycles. The van der Waals surface area contributed by atoms with Gasteiger partial charge in [0.1, 0.15) is 0 Å². The van der Waals surface area contributed by atoms with E-state index in [1.165, 1.54) is 32.1 Å². The molecule has 4 N–H and O–H groups in total. The molecule has 0 unspecified atom stereocenters. The van der Waals surface area contributed by atoms with Gasteiger partial charge in [0.2, 0.25) is 5.91 Å². The Hall–Kier alpha value is -1.71. The van der Waals surface area contributed by atoms with E-state index in [0.717, 1.165) is 29.0 Å². The molecule has 1 aliphatic heterocycles. The molecule has 1 aromatic rings. The first-order valence-corrected chi connectivity index (χ1v) is 7.56. The lowest BCUT2D eigenvalue weighted by molar-refractivity contribution is -0.116. The highest BCUT2D eigenvalue weighted by atomic mass is 16.1. The van der Waals surface area contributed by atoms with E-state index in [1.807, 2.05) is 12.1 Å². The molecule has 3 rings (SSSR count). The average molecular weight is 273 g/mol. The number of nitrogens with two attached hydrogens (primary N) is 1. The van der Waals surface area contributed by atoms with Crippen LogP contribution in [0.25, 0.3) is 0 Å². The Labute approximate surface area is 120 Å². The fourth-order valence-electron chi connectivity index (χ4n) is 3.34. The molecule has 4 heteroatoms. The third kappa shape index (κ3) is 2.60. The molecule has 1 aromatic carbocycles. The van der Waals surface area contributed by atoms with Crippen LogP contribution < -0.4 is 16.4 Å². The predicted molar refractivity (Wildman–Crippen MR) is 82.9 cm³/mol. The van der Waals surface area contributed by atoms with Crippen LogP contribution in [0, 0.1) is 0 Å². The minimum absolute atomic E-state index is 0.0945. The zero-order valence-electron chi connectivity index (χ0n) is 12.1. The first-order chi connectivity index (χ1) is 9.56. The molecule has 1 amide bonds. The minimum Gasteiger partial charge on any atom is -0.397 e. The lowest BCUT2D eigenvalue weighted by atomic mass is 9.83. The van der Waals surface area contributed by atoms with Crippen LogP contribution in [0.15, 0.2) is 12.1 Å². The normalized spacial score (nSPS) is 20.9. The van der Waals surface area contributed by atoms with Gasteiger partial charge in [-0.05, 0) is 43.9 Å². The highest BCUT2D eigenvalue weighted by Gasteiger charge is 2.27. The first-order valence-electron chi connectivity index (χ1n) is 7.56. The summed E-state index contributed by atoms with van der Waals surface area (Å²) in [5, 5.41) is 6.56. The van der Waals surface area contributed by atoms with Crippen molar-refractivity contribution in [2.24, 2.45) is 0 Å². The van der Waals surface area contributed by atoms with Crippen molar-refractivity contribution in [3.8, 4) is 0 Å². The molecule has 0 saturated heterocycles. The van der Waals surface area contributed by atoms with Crippen LogP contribution in [0.3, 0.4) is 0 Å². The summed E-state index contributed by atoms with van der Waals surface area (Å²) < 4.78 is 0. The second kappa shape index (κ2) is 5.00. The summed E-state index contributed by atoms with van der Waals surface area (Å²) in [7, 11) is 0. The minimum atomic E-state index is 0.0945. The summed E-state index contributed by atoms with van der Waals surface area (Å²) in [4.78, 5) is 11.5. The third-order valence-corrected chi connectivity index (χ3v) is 4.56. The van der Waals surface area contributed by atoms with Crippen LogP contribution in [0.4, 0.5) is 17.1 Å². The molecular formula is C16H23N3O.